The number of anilines is 1. The molecule has 3 rings (SSSR count). The summed E-state index contributed by atoms with van der Waals surface area (Å²) in [5.74, 6) is -0.589. The molecule has 0 spiro atoms. The number of thioether (sulfide) groups is 1. The first-order chi connectivity index (χ1) is 14.3. The van der Waals surface area contributed by atoms with Crippen LogP contribution in [0.2, 0.25) is 5.02 Å². The molecule has 1 fully saturated rings. The Balaban J connectivity index is 1.68. The molecule has 1 aliphatic heterocycles. The zero-order valence-corrected chi connectivity index (χ0v) is 17.5. The number of hydrogen-bond acceptors (Lipinski definition) is 7. The number of nitrogens with zero attached hydrogens (tertiary/aromatic N) is 2. The van der Waals surface area contributed by atoms with Gasteiger partial charge in [-0.05, 0) is 42.8 Å². The second-order valence-corrected chi connectivity index (χ2v) is 7.96. The lowest BCUT2D eigenvalue weighted by molar-refractivity contribution is -0.384. The van der Waals surface area contributed by atoms with E-state index < -0.39 is 16.1 Å². The van der Waals surface area contributed by atoms with E-state index in [-0.39, 0.29) is 23.7 Å². The second kappa shape index (κ2) is 9.14. The lowest BCUT2D eigenvalue weighted by Gasteiger charge is -2.09. The molecule has 0 radical (unpaired) electrons. The minimum Gasteiger partial charge on any atom is -0.496 e. The van der Waals surface area contributed by atoms with E-state index in [0.29, 0.717) is 21.6 Å². The third-order valence-corrected chi connectivity index (χ3v) is 5.52. The van der Waals surface area contributed by atoms with Gasteiger partial charge in [-0.3, -0.25) is 19.7 Å². The van der Waals surface area contributed by atoms with Crippen molar-refractivity contribution in [1.82, 2.24) is 5.32 Å². The molecule has 0 aliphatic carbocycles. The Morgan fingerprint density at radius 3 is 2.80 bits per heavy atom. The number of benzene rings is 2. The number of methoxy groups -OCH3 is 1. The highest BCUT2D eigenvalue weighted by Crippen LogP contribution is 2.31. The van der Waals surface area contributed by atoms with Gasteiger partial charge < -0.3 is 15.4 Å². The minimum atomic E-state index is -0.700. The number of carbonyl (C=O) groups is 2. The zero-order chi connectivity index (χ0) is 21.8. The molecule has 1 saturated heterocycles. The van der Waals surface area contributed by atoms with Crippen LogP contribution in [0.5, 0.6) is 5.75 Å². The van der Waals surface area contributed by atoms with Crippen molar-refractivity contribution in [3.63, 3.8) is 0 Å². The summed E-state index contributed by atoms with van der Waals surface area (Å²) in [6.45, 7) is 1.85. The fourth-order valence-corrected chi connectivity index (χ4v) is 3.92. The summed E-state index contributed by atoms with van der Waals surface area (Å²) in [4.78, 5) is 39.6. The van der Waals surface area contributed by atoms with Crippen LogP contribution in [-0.4, -0.2) is 34.3 Å². The Hall–Kier alpha value is -3.11. The number of halogens is 1. The quantitative estimate of drug-likeness (QED) is 0.511. The highest BCUT2D eigenvalue weighted by atomic mass is 35.5. The molecule has 2 aromatic carbocycles. The van der Waals surface area contributed by atoms with Crippen LogP contribution < -0.4 is 15.4 Å². The summed E-state index contributed by atoms with van der Waals surface area (Å²) in [6, 6.07) is 9.29. The van der Waals surface area contributed by atoms with Crippen molar-refractivity contribution in [2.75, 3.05) is 12.4 Å². The molecule has 2 amide bonds. The highest BCUT2D eigenvalue weighted by molar-refractivity contribution is 8.15. The molecular weight excluding hydrogens is 432 g/mol. The molecule has 2 N–H and O–H groups in total. The topological polar surface area (TPSA) is 123 Å². The Bertz CT molecular complexity index is 1060. The number of aliphatic imine (C=N–C) groups is 1. The summed E-state index contributed by atoms with van der Waals surface area (Å²) in [5.41, 5.74) is 1.23. The zero-order valence-electron chi connectivity index (χ0n) is 16.0. The predicted molar refractivity (Wildman–Crippen MR) is 116 cm³/mol. The fourth-order valence-electron chi connectivity index (χ4n) is 2.71. The van der Waals surface area contributed by atoms with Crippen LogP contribution >= 0.6 is 23.4 Å². The third kappa shape index (κ3) is 5.08. The van der Waals surface area contributed by atoms with Gasteiger partial charge in [-0.25, -0.2) is 4.99 Å². The van der Waals surface area contributed by atoms with Gasteiger partial charge in [-0.2, -0.15) is 0 Å². The predicted octanol–water partition coefficient (Wildman–Crippen LogP) is 3.81. The van der Waals surface area contributed by atoms with Crippen molar-refractivity contribution in [1.29, 1.82) is 0 Å². The lowest BCUT2D eigenvalue weighted by Crippen LogP contribution is -2.28. The number of amides is 2. The van der Waals surface area contributed by atoms with E-state index in [1.807, 2.05) is 6.92 Å². The molecule has 30 heavy (non-hydrogen) atoms. The van der Waals surface area contributed by atoms with Gasteiger partial charge in [0.2, 0.25) is 11.8 Å². The van der Waals surface area contributed by atoms with Crippen LogP contribution in [0, 0.1) is 17.0 Å². The molecule has 1 atom stereocenters. The molecule has 156 valence electrons. The Morgan fingerprint density at radius 2 is 2.13 bits per heavy atom. The van der Waals surface area contributed by atoms with Crippen molar-refractivity contribution >= 4 is 57.4 Å². The number of hydrogen-bond donors (Lipinski definition) is 2. The molecule has 0 saturated carbocycles. The first kappa shape index (κ1) is 21.6. The van der Waals surface area contributed by atoms with Crippen molar-refractivity contribution in [2.45, 2.75) is 18.6 Å². The largest absolute Gasteiger partial charge is 0.496 e. The summed E-state index contributed by atoms with van der Waals surface area (Å²) < 4.78 is 4.97. The number of rotatable bonds is 6. The number of aryl methyl sites for hydroxylation is 1. The maximum atomic E-state index is 12.4. The second-order valence-electron chi connectivity index (χ2n) is 6.34. The first-order valence-electron chi connectivity index (χ1n) is 8.71. The maximum Gasteiger partial charge on any atom is 0.296 e. The Labute approximate surface area is 181 Å². The third-order valence-electron chi connectivity index (χ3n) is 4.20. The number of amidine groups is 1. The van der Waals surface area contributed by atoms with Gasteiger partial charge in [0.1, 0.15) is 16.7 Å². The van der Waals surface area contributed by atoms with E-state index in [4.69, 9.17) is 16.3 Å². The van der Waals surface area contributed by atoms with Crippen LogP contribution in [0.25, 0.3) is 0 Å². The van der Waals surface area contributed by atoms with Crippen LogP contribution in [0.1, 0.15) is 12.0 Å². The minimum absolute atomic E-state index is 0.0277. The van der Waals surface area contributed by atoms with E-state index >= 15 is 0 Å². The maximum absolute atomic E-state index is 12.4. The van der Waals surface area contributed by atoms with Crippen LogP contribution in [0.15, 0.2) is 41.4 Å². The van der Waals surface area contributed by atoms with Crippen LogP contribution in [-0.2, 0) is 9.59 Å². The van der Waals surface area contributed by atoms with Crippen molar-refractivity contribution in [3.8, 4) is 5.75 Å². The molecule has 11 heteroatoms. The molecule has 0 unspecified atom stereocenters. The monoisotopic (exact) mass is 448 g/mol. The van der Waals surface area contributed by atoms with Gasteiger partial charge in [0.25, 0.3) is 5.69 Å². The molecular formula is C19H17ClN4O5S. The standard InChI is InChI=1S/C19H17ClN4O5S/c1-10-7-11(20)3-5-13(10)22-19-23-18(26)16(30-19)9-17(25)21-14-6-4-12(29-2)8-15(14)24(27)28/h3-8,16H,9H2,1-2H3,(H,21,25)(H,22,23,26)/t16-/m0/s1. The lowest BCUT2D eigenvalue weighted by atomic mass is 10.2. The molecule has 1 aliphatic rings. The van der Waals surface area contributed by atoms with Crippen molar-refractivity contribution < 1.29 is 19.2 Å². The smallest absolute Gasteiger partial charge is 0.296 e. The SMILES string of the molecule is COc1ccc(NC(=O)C[C@@H]2SC(=Nc3ccc(Cl)cc3C)NC2=O)c([N+](=O)[O-])c1. The normalized spacial score (nSPS) is 17.0. The number of ether oxygens (including phenoxy) is 1. The van der Waals surface area contributed by atoms with Gasteiger partial charge in [-0.1, -0.05) is 23.4 Å². The number of carbonyl (C=O) groups excluding carboxylic acids is 2. The fraction of sp³-hybridized carbons (Fsp3) is 0.211. The van der Waals surface area contributed by atoms with Crippen LogP contribution in [0.4, 0.5) is 17.1 Å². The van der Waals surface area contributed by atoms with E-state index in [2.05, 4.69) is 15.6 Å². The summed E-state index contributed by atoms with van der Waals surface area (Å²) in [6.07, 6.45) is -0.168. The molecule has 0 aromatic heterocycles. The van der Waals surface area contributed by atoms with E-state index in [9.17, 15) is 19.7 Å². The average Bonchev–Trinajstić information content (AvgIpc) is 3.03. The molecule has 2 aromatic rings. The highest BCUT2D eigenvalue weighted by Gasteiger charge is 2.32. The average molecular weight is 449 g/mol. The molecule has 0 bridgehead atoms. The van der Waals surface area contributed by atoms with Crippen LogP contribution in [0.3, 0.4) is 0 Å². The van der Waals surface area contributed by atoms with Gasteiger partial charge in [0.15, 0.2) is 5.17 Å². The van der Waals surface area contributed by atoms with Crippen molar-refractivity contribution in [2.24, 2.45) is 4.99 Å². The first-order valence-corrected chi connectivity index (χ1v) is 9.97. The van der Waals surface area contributed by atoms with Gasteiger partial charge in [0.05, 0.1) is 23.8 Å². The number of nitro groups is 1. The van der Waals surface area contributed by atoms with E-state index in [1.54, 1.807) is 18.2 Å². The molecule has 9 nitrogen and oxygen atoms in total. The van der Waals surface area contributed by atoms with E-state index in [1.165, 1.54) is 25.3 Å². The summed E-state index contributed by atoms with van der Waals surface area (Å²) in [5, 5.41) is 16.6. The summed E-state index contributed by atoms with van der Waals surface area (Å²) in [7, 11) is 1.39. The van der Waals surface area contributed by atoms with Gasteiger partial charge >= 0.3 is 0 Å². The van der Waals surface area contributed by atoms with Crippen molar-refractivity contribution in [3.05, 3.63) is 57.1 Å². The van der Waals surface area contributed by atoms with E-state index in [0.717, 1.165) is 17.3 Å². The Morgan fingerprint density at radius 1 is 1.37 bits per heavy atom. The number of nitro benzene ring substituents is 1. The summed E-state index contributed by atoms with van der Waals surface area (Å²) >= 11 is 7.06. The number of nitrogens with one attached hydrogen (secondary N) is 2. The van der Waals surface area contributed by atoms with Gasteiger partial charge in [-0.15, -0.1) is 0 Å². The molecule has 1 heterocycles. The van der Waals surface area contributed by atoms with Gasteiger partial charge in [0, 0.05) is 11.4 Å². The Kier molecular flexibility index (Phi) is 6.58.